The molecule has 0 radical (unpaired) electrons. The Balaban J connectivity index is 1.38. The van der Waals surface area contributed by atoms with Crippen molar-refractivity contribution >= 4 is 23.5 Å². The van der Waals surface area contributed by atoms with Crippen molar-refractivity contribution in [1.82, 2.24) is 29.5 Å². The van der Waals surface area contributed by atoms with Gasteiger partial charge in [-0.25, -0.2) is 4.68 Å². The topological polar surface area (TPSA) is 90.5 Å². The molecule has 35 heavy (non-hydrogen) atoms. The molecule has 1 aliphatic carbocycles. The number of para-hydroxylation sites is 1. The summed E-state index contributed by atoms with van der Waals surface area (Å²) in [5.74, 6) is 1.37. The molecule has 3 heterocycles. The smallest absolute Gasteiger partial charge is 0.238 e. The Morgan fingerprint density at radius 2 is 1.80 bits per heavy atom. The van der Waals surface area contributed by atoms with Crippen LogP contribution in [0.15, 0.2) is 66.1 Å². The molecule has 1 aromatic carbocycles. The number of anilines is 1. The van der Waals surface area contributed by atoms with Crippen LogP contribution < -0.4 is 5.32 Å². The molecular formula is C26H29N7OS. The fourth-order valence-corrected chi connectivity index (χ4v) is 4.68. The maximum Gasteiger partial charge on any atom is 0.238 e. The van der Waals surface area contributed by atoms with Gasteiger partial charge in [0.2, 0.25) is 5.91 Å². The third-order valence-electron chi connectivity index (χ3n) is 5.90. The molecule has 9 heteroatoms. The van der Waals surface area contributed by atoms with Crippen molar-refractivity contribution in [2.24, 2.45) is 0 Å². The Kier molecular flexibility index (Phi) is 6.19. The Labute approximate surface area is 209 Å². The van der Waals surface area contributed by atoms with Gasteiger partial charge in [0.1, 0.15) is 5.82 Å². The molecule has 1 amide bonds. The van der Waals surface area contributed by atoms with Crippen LogP contribution in [-0.4, -0.2) is 40.7 Å². The summed E-state index contributed by atoms with van der Waals surface area (Å²) in [4.78, 5) is 17.4. The van der Waals surface area contributed by atoms with E-state index in [-0.39, 0.29) is 16.6 Å². The normalized spacial score (nSPS) is 14.6. The first-order chi connectivity index (χ1) is 16.8. The minimum absolute atomic E-state index is 0.108. The van der Waals surface area contributed by atoms with Crippen molar-refractivity contribution < 1.29 is 4.79 Å². The lowest BCUT2D eigenvalue weighted by molar-refractivity contribution is -0.115. The lowest BCUT2D eigenvalue weighted by Crippen LogP contribution is -2.24. The maximum absolute atomic E-state index is 13.3. The second-order valence-corrected chi connectivity index (χ2v) is 11.1. The van der Waals surface area contributed by atoms with E-state index in [0.29, 0.717) is 11.9 Å². The average molecular weight is 488 g/mol. The number of hydrogen-bond donors (Lipinski definition) is 1. The van der Waals surface area contributed by atoms with Crippen molar-refractivity contribution in [3.05, 3.63) is 66.6 Å². The zero-order valence-corrected chi connectivity index (χ0v) is 21.2. The first kappa shape index (κ1) is 23.3. The number of rotatable bonds is 7. The number of pyridine rings is 1. The van der Waals surface area contributed by atoms with Gasteiger partial charge >= 0.3 is 0 Å². The average Bonchev–Trinajstić information content (AvgIpc) is 3.45. The standard InChI is InChI=1S/C26H29N7OS/c1-17(35-25-30-29-23(32(25)19-10-11-19)18-12-14-27-15-13-18)24(34)28-22-16-21(26(2,3)4)31-33(22)20-8-6-5-7-9-20/h5-9,12-17,19H,10-11H2,1-4H3,(H,28,34). The second kappa shape index (κ2) is 9.30. The number of benzene rings is 1. The summed E-state index contributed by atoms with van der Waals surface area (Å²) in [7, 11) is 0. The highest BCUT2D eigenvalue weighted by Gasteiger charge is 2.32. The van der Waals surface area contributed by atoms with Crippen LogP contribution in [0.2, 0.25) is 0 Å². The van der Waals surface area contributed by atoms with E-state index in [2.05, 4.69) is 45.8 Å². The molecule has 0 aliphatic heterocycles. The van der Waals surface area contributed by atoms with Crippen LogP contribution in [0.5, 0.6) is 0 Å². The van der Waals surface area contributed by atoms with Gasteiger partial charge in [0.15, 0.2) is 11.0 Å². The maximum atomic E-state index is 13.3. The van der Waals surface area contributed by atoms with E-state index in [0.717, 1.165) is 40.8 Å². The quantitative estimate of drug-likeness (QED) is 0.357. The van der Waals surface area contributed by atoms with Gasteiger partial charge < -0.3 is 5.32 Å². The largest absolute Gasteiger partial charge is 0.310 e. The van der Waals surface area contributed by atoms with Crippen LogP contribution in [0.3, 0.4) is 0 Å². The van der Waals surface area contributed by atoms with Crippen LogP contribution in [0.1, 0.15) is 52.3 Å². The van der Waals surface area contributed by atoms with Gasteiger partial charge in [0.25, 0.3) is 0 Å². The molecule has 1 saturated carbocycles. The van der Waals surface area contributed by atoms with E-state index in [4.69, 9.17) is 5.10 Å². The third-order valence-corrected chi connectivity index (χ3v) is 6.95. The fraction of sp³-hybridized carbons (Fsp3) is 0.346. The van der Waals surface area contributed by atoms with E-state index >= 15 is 0 Å². The molecule has 3 aromatic heterocycles. The lowest BCUT2D eigenvalue weighted by atomic mass is 9.92. The van der Waals surface area contributed by atoms with Gasteiger partial charge in [-0.05, 0) is 44.0 Å². The minimum atomic E-state index is -0.376. The van der Waals surface area contributed by atoms with Gasteiger partial charge in [-0.15, -0.1) is 10.2 Å². The Morgan fingerprint density at radius 3 is 2.46 bits per heavy atom. The molecule has 0 spiro atoms. The van der Waals surface area contributed by atoms with Crippen LogP contribution in [0, 0.1) is 0 Å². The third kappa shape index (κ3) is 5.00. The van der Waals surface area contributed by atoms with Gasteiger partial charge in [-0.2, -0.15) is 5.10 Å². The van der Waals surface area contributed by atoms with E-state index in [1.54, 1.807) is 17.1 Å². The number of amides is 1. The van der Waals surface area contributed by atoms with Crippen molar-refractivity contribution in [2.75, 3.05) is 5.32 Å². The minimum Gasteiger partial charge on any atom is -0.310 e. The zero-order valence-electron chi connectivity index (χ0n) is 20.3. The SMILES string of the molecule is CC(Sc1nnc(-c2ccncc2)n1C1CC1)C(=O)Nc1cc(C(C)(C)C)nn1-c1ccccc1. The van der Waals surface area contributed by atoms with Crippen LogP contribution >= 0.6 is 11.8 Å². The molecule has 4 aromatic rings. The second-order valence-electron chi connectivity index (χ2n) is 9.80. The summed E-state index contributed by atoms with van der Waals surface area (Å²) in [6.45, 7) is 8.23. The number of thioether (sulfide) groups is 1. The van der Waals surface area contributed by atoms with E-state index in [1.807, 2.05) is 55.5 Å². The highest BCUT2D eigenvalue weighted by Crippen LogP contribution is 2.41. The molecule has 0 saturated heterocycles. The summed E-state index contributed by atoms with van der Waals surface area (Å²) in [6, 6.07) is 16.0. The molecule has 0 bridgehead atoms. The monoisotopic (exact) mass is 487 g/mol. The summed E-state index contributed by atoms with van der Waals surface area (Å²) >= 11 is 1.43. The molecule has 1 fully saturated rings. The van der Waals surface area contributed by atoms with Crippen molar-refractivity contribution in [3.8, 4) is 17.1 Å². The number of hydrogen-bond acceptors (Lipinski definition) is 6. The molecular weight excluding hydrogens is 458 g/mol. The van der Waals surface area contributed by atoms with Crippen LogP contribution in [0.25, 0.3) is 17.1 Å². The first-order valence-electron chi connectivity index (χ1n) is 11.8. The summed E-state index contributed by atoms with van der Waals surface area (Å²) in [5.41, 5.74) is 2.63. The predicted octanol–water partition coefficient (Wildman–Crippen LogP) is 5.28. The fourth-order valence-electron chi connectivity index (χ4n) is 3.76. The summed E-state index contributed by atoms with van der Waals surface area (Å²) in [6.07, 6.45) is 5.70. The molecule has 1 N–H and O–H groups in total. The van der Waals surface area contributed by atoms with E-state index in [9.17, 15) is 4.79 Å². The molecule has 8 nitrogen and oxygen atoms in total. The molecule has 1 unspecified atom stereocenters. The summed E-state index contributed by atoms with van der Waals surface area (Å²) in [5, 5.41) is 17.2. The Bertz CT molecular complexity index is 1320. The first-order valence-corrected chi connectivity index (χ1v) is 12.7. The van der Waals surface area contributed by atoms with Gasteiger partial charge in [0, 0.05) is 35.5 Å². The summed E-state index contributed by atoms with van der Waals surface area (Å²) < 4.78 is 3.96. The highest BCUT2D eigenvalue weighted by molar-refractivity contribution is 8.00. The predicted molar refractivity (Wildman–Crippen MR) is 138 cm³/mol. The number of carbonyl (C=O) groups excluding carboxylic acids is 1. The molecule has 180 valence electrons. The molecule has 1 atom stereocenters. The number of carbonyl (C=O) groups is 1. The zero-order chi connectivity index (χ0) is 24.6. The van der Waals surface area contributed by atoms with Gasteiger partial charge in [0.05, 0.1) is 16.6 Å². The lowest BCUT2D eigenvalue weighted by Gasteiger charge is -2.14. The van der Waals surface area contributed by atoms with Crippen LogP contribution in [0.4, 0.5) is 5.82 Å². The Morgan fingerprint density at radius 1 is 1.09 bits per heavy atom. The van der Waals surface area contributed by atoms with E-state index < -0.39 is 0 Å². The molecule has 5 rings (SSSR count). The van der Waals surface area contributed by atoms with Gasteiger partial charge in [-0.3, -0.25) is 14.3 Å². The number of nitrogens with one attached hydrogen (secondary N) is 1. The molecule has 1 aliphatic rings. The number of aromatic nitrogens is 6. The highest BCUT2D eigenvalue weighted by atomic mass is 32.2. The number of nitrogens with zero attached hydrogens (tertiary/aromatic N) is 6. The van der Waals surface area contributed by atoms with Crippen molar-refractivity contribution in [2.45, 2.75) is 62.4 Å². The van der Waals surface area contributed by atoms with Gasteiger partial charge in [-0.1, -0.05) is 50.7 Å². The van der Waals surface area contributed by atoms with Crippen LogP contribution in [-0.2, 0) is 10.2 Å². The van der Waals surface area contributed by atoms with Crippen molar-refractivity contribution in [3.63, 3.8) is 0 Å². The Hall–Kier alpha value is -3.46. The van der Waals surface area contributed by atoms with E-state index in [1.165, 1.54) is 11.8 Å². The van der Waals surface area contributed by atoms with Crippen molar-refractivity contribution in [1.29, 1.82) is 0 Å².